The number of aliphatic hydroxyl groups is 1. The summed E-state index contributed by atoms with van der Waals surface area (Å²) in [6.07, 6.45) is -1.04. The van der Waals surface area contributed by atoms with Gasteiger partial charge in [0, 0.05) is 0 Å². The lowest BCUT2D eigenvalue weighted by Gasteiger charge is -2.14. The third kappa shape index (κ3) is 6.25. The lowest BCUT2D eigenvalue weighted by Crippen LogP contribution is -2.29. The van der Waals surface area contributed by atoms with Gasteiger partial charge in [0.1, 0.15) is 5.94 Å². The Morgan fingerprint density at radius 3 is 2.15 bits per heavy atom. The van der Waals surface area contributed by atoms with E-state index in [4.69, 9.17) is 4.84 Å². The zero-order valence-electron chi connectivity index (χ0n) is 17.5. The first-order valence-corrected chi connectivity index (χ1v) is 13.0. The van der Waals surface area contributed by atoms with Crippen LogP contribution in [0, 0.1) is 11.3 Å². The SMILES string of the molecule is N#CC(CCc1ccc(-c2ccccc2)cc1S(=O)(=O)CO)ONS(=O)(=O)c1ccccc1. The number of rotatable bonds is 10. The maximum Gasteiger partial charge on any atom is 0.262 e. The van der Waals surface area contributed by atoms with Crippen molar-refractivity contribution in [3.05, 3.63) is 84.4 Å². The predicted octanol–water partition coefficient (Wildman–Crippen LogP) is 2.81. The van der Waals surface area contributed by atoms with E-state index in [0.717, 1.165) is 5.56 Å². The van der Waals surface area contributed by atoms with Crippen LogP contribution in [0.3, 0.4) is 0 Å². The molecule has 0 aromatic heterocycles. The van der Waals surface area contributed by atoms with Crippen LogP contribution in [0.25, 0.3) is 11.1 Å². The molecule has 0 bridgehead atoms. The molecule has 0 aliphatic rings. The van der Waals surface area contributed by atoms with E-state index in [0.29, 0.717) is 11.1 Å². The molecular formula is C23H22N2O6S2. The van der Waals surface area contributed by atoms with Crippen LogP contribution in [0.5, 0.6) is 0 Å². The van der Waals surface area contributed by atoms with Gasteiger partial charge < -0.3 is 5.11 Å². The van der Waals surface area contributed by atoms with Gasteiger partial charge in [-0.25, -0.2) is 16.8 Å². The van der Waals surface area contributed by atoms with Crippen LogP contribution in [0.4, 0.5) is 0 Å². The molecule has 3 aromatic rings. The fourth-order valence-electron chi connectivity index (χ4n) is 3.14. The summed E-state index contributed by atoms with van der Waals surface area (Å²) in [6, 6.07) is 23.4. The normalized spacial score (nSPS) is 12.7. The number of nitrogens with zero attached hydrogens (tertiary/aromatic N) is 1. The van der Waals surface area contributed by atoms with Crippen molar-refractivity contribution in [1.82, 2.24) is 4.89 Å². The highest BCUT2D eigenvalue weighted by Crippen LogP contribution is 2.27. The zero-order valence-corrected chi connectivity index (χ0v) is 19.1. The minimum atomic E-state index is -3.97. The van der Waals surface area contributed by atoms with Crippen LogP contribution < -0.4 is 4.89 Å². The fourth-order valence-corrected chi connectivity index (χ4v) is 5.01. The summed E-state index contributed by atoms with van der Waals surface area (Å²) < 4.78 is 49.5. The van der Waals surface area contributed by atoms with E-state index < -0.39 is 31.9 Å². The Kier molecular flexibility index (Phi) is 7.97. The van der Waals surface area contributed by atoms with E-state index >= 15 is 0 Å². The fraction of sp³-hybridized carbons (Fsp3) is 0.174. The molecule has 3 aromatic carbocycles. The van der Waals surface area contributed by atoms with Crippen molar-refractivity contribution in [2.24, 2.45) is 0 Å². The molecular weight excluding hydrogens is 464 g/mol. The van der Waals surface area contributed by atoms with Gasteiger partial charge in [-0.15, -0.1) is 0 Å². The topological polar surface area (TPSA) is 134 Å². The first-order valence-electron chi connectivity index (χ1n) is 9.91. The Hall–Kier alpha value is -3.07. The second-order valence-corrected chi connectivity index (χ2v) is 10.7. The summed E-state index contributed by atoms with van der Waals surface area (Å²) in [5, 5.41) is 18.8. The molecule has 0 aliphatic heterocycles. The van der Waals surface area contributed by atoms with Gasteiger partial charge >= 0.3 is 0 Å². The van der Waals surface area contributed by atoms with Gasteiger partial charge in [0.15, 0.2) is 6.10 Å². The Morgan fingerprint density at radius 2 is 1.55 bits per heavy atom. The van der Waals surface area contributed by atoms with Crippen molar-refractivity contribution in [1.29, 1.82) is 5.26 Å². The van der Waals surface area contributed by atoms with E-state index in [1.807, 2.05) is 41.3 Å². The Labute approximate surface area is 193 Å². The minimum Gasteiger partial charge on any atom is -0.380 e. The number of nitrogens with one attached hydrogen (secondary N) is 1. The molecule has 0 aliphatic carbocycles. The minimum absolute atomic E-state index is 0.0190. The smallest absolute Gasteiger partial charge is 0.262 e. The molecule has 0 saturated carbocycles. The number of nitriles is 1. The molecule has 33 heavy (non-hydrogen) atoms. The number of benzene rings is 3. The van der Waals surface area contributed by atoms with Crippen molar-refractivity contribution in [3.8, 4) is 17.2 Å². The molecule has 0 heterocycles. The maximum atomic E-state index is 12.5. The van der Waals surface area contributed by atoms with Crippen molar-refractivity contribution in [2.75, 3.05) is 5.94 Å². The van der Waals surface area contributed by atoms with Crippen molar-refractivity contribution >= 4 is 19.9 Å². The molecule has 2 N–H and O–H groups in total. The Balaban J connectivity index is 1.77. The molecule has 172 valence electrons. The summed E-state index contributed by atoms with van der Waals surface area (Å²) in [7, 11) is -7.94. The van der Waals surface area contributed by atoms with Crippen LogP contribution in [-0.4, -0.2) is 34.0 Å². The third-order valence-corrected chi connectivity index (χ3v) is 7.45. The summed E-state index contributed by atoms with van der Waals surface area (Å²) in [4.78, 5) is 6.95. The van der Waals surface area contributed by atoms with Gasteiger partial charge in [0.25, 0.3) is 10.0 Å². The van der Waals surface area contributed by atoms with Crippen molar-refractivity contribution in [2.45, 2.75) is 28.7 Å². The molecule has 10 heteroatoms. The molecule has 1 unspecified atom stereocenters. The number of aliphatic hydroxyl groups excluding tert-OH is 1. The second-order valence-electron chi connectivity index (χ2n) is 7.11. The molecule has 3 rings (SSSR count). The summed E-state index contributed by atoms with van der Waals surface area (Å²) in [5.74, 6) is -1.06. The predicted molar refractivity (Wildman–Crippen MR) is 122 cm³/mol. The molecule has 0 fully saturated rings. The first kappa shape index (κ1) is 24.6. The molecule has 0 spiro atoms. The third-order valence-electron chi connectivity index (χ3n) is 4.85. The quantitative estimate of drug-likeness (QED) is 0.421. The number of hydrogen-bond acceptors (Lipinski definition) is 7. The van der Waals surface area contributed by atoms with E-state index in [2.05, 4.69) is 0 Å². The summed E-state index contributed by atoms with van der Waals surface area (Å²) in [6.45, 7) is 0. The highest BCUT2D eigenvalue weighted by Gasteiger charge is 2.21. The van der Waals surface area contributed by atoms with Crippen LogP contribution >= 0.6 is 0 Å². The van der Waals surface area contributed by atoms with Crippen LogP contribution in [-0.2, 0) is 31.1 Å². The van der Waals surface area contributed by atoms with E-state index in [1.165, 1.54) is 18.2 Å². The van der Waals surface area contributed by atoms with Gasteiger partial charge in [0.2, 0.25) is 9.84 Å². The Morgan fingerprint density at radius 1 is 0.909 bits per heavy atom. The van der Waals surface area contributed by atoms with Crippen LogP contribution in [0.15, 0.2) is 88.7 Å². The number of aryl methyl sites for hydroxylation is 1. The zero-order chi connectivity index (χ0) is 23.9. The number of hydrogen-bond donors (Lipinski definition) is 2. The monoisotopic (exact) mass is 486 g/mol. The van der Waals surface area contributed by atoms with Gasteiger partial charge in [-0.1, -0.05) is 65.5 Å². The van der Waals surface area contributed by atoms with E-state index in [9.17, 15) is 27.2 Å². The largest absolute Gasteiger partial charge is 0.380 e. The number of sulfonamides is 1. The van der Waals surface area contributed by atoms with Crippen LogP contribution in [0.2, 0.25) is 0 Å². The van der Waals surface area contributed by atoms with Gasteiger partial charge in [-0.3, -0.25) is 4.84 Å². The molecule has 8 nitrogen and oxygen atoms in total. The van der Waals surface area contributed by atoms with Crippen molar-refractivity contribution < 1.29 is 26.8 Å². The average Bonchev–Trinajstić information content (AvgIpc) is 2.85. The second kappa shape index (κ2) is 10.7. The van der Waals surface area contributed by atoms with Crippen molar-refractivity contribution in [3.63, 3.8) is 0 Å². The van der Waals surface area contributed by atoms with Gasteiger partial charge in [-0.2, -0.15) is 5.26 Å². The van der Waals surface area contributed by atoms with E-state index in [1.54, 1.807) is 30.3 Å². The van der Waals surface area contributed by atoms with Gasteiger partial charge in [0.05, 0.1) is 15.9 Å². The first-order chi connectivity index (χ1) is 15.8. The molecule has 0 saturated heterocycles. The van der Waals surface area contributed by atoms with Gasteiger partial charge in [-0.05, 0) is 47.7 Å². The lowest BCUT2D eigenvalue weighted by molar-refractivity contribution is 0.0467. The molecule has 0 amide bonds. The summed E-state index contributed by atoms with van der Waals surface area (Å²) >= 11 is 0. The average molecular weight is 487 g/mol. The standard InChI is InChI=1S/C23H22N2O6S2/c24-16-21(31-25-33(29,30)22-9-5-2-6-10-22)14-13-19-11-12-20(18-7-3-1-4-8-18)15-23(19)32(27,28)17-26/h1-12,15,21,25-26H,13-14,17H2. The molecule has 1 atom stereocenters. The summed E-state index contributed by atoms with van der Waals surface area (Å²) in [5.41, 5.74) is 1.86. The van der Waals surface area contributed by atoms with E-state index in [-0.39, 0.29) is 22.6 Å². The van der Waals surface area contributed by atoms with Crippen LogP contribution in [0.1, 0.15) is 12.0 Å². The highest BCUT2D eigenvalue weighted by molar-refractivity contribution is 7.91. The lowest BCUT2D eigenvalue weighted by atomic mass is 10.0. The Bertz CT molecular complexity index is 1340. The molecule has 0 radical (unpaired) electrons. The number of sulfone groups is 1. The maximum absolute atomic E-state index is 12.5. The highest BCUT2D eigenvalue weighted by atomic mass is 32.2.